The van der Waals surface area contributed by atoms with E-state index < -0.39 is 6.18 Å². The Morgan fingerprint density at radius 2 is 1.88 bits per heavy atom. The third-order valence-electron chi connectivity index (χ3n) is 6.30. The van der Waals surface area contributed by atoms with Crippen LogP contribution in [0.2, 0.25) is 0 Å². The van der Waals surface area contributed by atoms with Crippen molar-refractivity contribution in [2.45, 2.75) is 58.5 Å². The molecule has 3 rings (SSSR count). The predicted octanol–water partition coefficient (Wildman–Crippen LogP) is 7.46. The number of aryl methyl sites for hydroxylation is 3. The lowest BCUT2D eigenvalue weighted by Gasteiger charge is -2.20. The Kier molecular flexibility index (Phi) is 8.11. The summed E-state index contributed by atoms with van der Waals surface area (Å²) in [6, 6.07) is 13.4. The topological polar surface area (TPSA) is 17.1 Å². The number of alkyl halides is 3. The third-order valence-corrected chi connectivity index (χ3v) is 6.30. The summed E-state index contributed by atoms with van der Waals surface area (Å²) in [5.74, 6) is 0.851. The zero-order valence-electron chi connectivity index (χ0n) is 18.8. The van der Waals surface area contributed by atoms with Crippen LogP contribution in [0.1, 0.15) is 54.0 Å². The van der Waals surface area contributed by atoms with Crippen molar-refractivity contribution in [3.05, 3.63) is 88.5 Å². The molecule has 0 bridgehead atoms. The number of hydrogen-bond acceptors (Lipinski definition) is 1. The summed E-state index contributed by atoms with van der Waals surface area (Å²) in [7, 11) is 0. The fraction of sp³-hybridized carbons (Fsp3) is 0.393. The van der Waals surface area contributed by atoms with Gasteiger partial charge >= 0.3 is 6.18 Å². The zero-order chi connectivity index (χ0) is 23.1. The molecule has 0 saturated heterocycles. The lowest BCUT2D eigenvalue weighted by Crippen LogP contribution is -2.23. The smallest absolute Gasteiger partial charge is 0.299 e. The second-order valence-electron chi connectivity index (χ2n) is 8.89. The summed E-state index contributed by atoms with van der Waals surface area (Å²) >= 11 is 0. The minimum Gasteiger partial charge on any atom is -0.299 e. The first-order chi connectivity index (χ1) is 15.2. The summed E-state index contributed by atoms with van der Waals surface area (Å²) < 4.78 is 37.2. The molecule has 32 heavy (non-hydrogen) atoms. The van der Waals surface area contributed by atoms with Crippen molar-refractivity contribution in [3.63, 3.8) is 0 Å². The van der Waals surface area contributed by atoms with E-state index in [1.54, 1.807) is 18.2 Å². The fourth-order valence-electron chi connectivity index (χ4n) is 4.43. The number of hydrogen-bond donors (Lipinski definition) is 0. The Morgan fingerprint density at radius 1 is 1.06 bits per heavy atom. The quantitative estimate of drug-likeness (QED) is 0.408. The summed E-state index contributed by atoms with van der Waals surface area (Å²) in [5.41, 5.74) is 4.96. The molecular formula is C28H31F3O. The van der Waals surface area contributed by atoms with Gasteiger partial charge in [-0.15, -0.1) is 0 Å². The van der Waals surface area contributed by atoms with Crippen LogP contribution >= 0.6 is 0 Å². The molecule has 2 aromatic carbocycles. The van der Waals surface area contributed by atoms with Gasteiger partial charge in [0, 0.05) is 18.4 Å². The van der Waals surface area contributed by atoms with Crippen LogP contribution in [0.25, 0.3) is 6.08 Å². The van der Waals surface area contributed by atoms with Gasteiger partial charge in [-0.2, -0.15) is 13.2 Å². The molecule has 1 aliphatic rings. The van der Waals surface area contributed by atoms with Gasteiger partial charge in [-0.25, -0.2) is 0 Å². The fourth-order valence-corrected chi connectivity index (χ4v) is 4.43. The largest absolute Gasteiger partial charge is 0.409 e. The molecule has 0 aromatic heterocycles. The van der Waals surface area contributed by atoms with E-state index >= 15 is 0 Å². The number of benzene rings is 2. The lowest BCUT2D eigenvalue weighted by molar-refractivity contribution is -0.123. The summed E-state index contributed by atoms with van der Waals surface area (Å²) in [4.78, 5) is 12.9. The standard InChI is InChI=1S/C28H31F3O/c1-20-7-4-3-5-10-26(20)27(32)19-24-12-14-25(21(2)17-24)13-11-22-8-6-9-23(18-22)15-16-28(29,30)31/h3-4,6,8-9,12,14-18,20,26H,5,7,10-11,13,19H2,1-2H3/b16-15-/t20-,26-/m1/s1. The van der Waals surface area contributed by atoms with Crippen molar-refractivity contribution in [2.75, 3.05) is 0 Å². The molecule has 170 valence electrons. The number of halogens is 3. The van der Waals surface area contributed by atoms with Gasteiger partial charge in [0.2, 0.25) is 0 Å². The maximum absolute atomic E-state index is 12.9. The number of rotatable bonds is 7. The van der Waals surface area contributed by atoms with Crippen LogP contribution in [0.5, 0.6) is 0 Å². The monoisotopic (exact) mass is 440 g/mol. The minimum absolute atomic E-state index is 0.128. The maximum Gasteiger partial charge on any atom is 0.409 e. The molecule has 0 aliphatic heterocycles. The van der Waals surface area contributed by atoms with E-state index in [4.69, 9.17) is 0 Å². The van der Waals surface area contributed by atoms with Gasteiger partial charge in [-0.05, 0) is 72.8 Å². The van der Waals surface area contributed by atoms with Gasteiger partial charge in [0.05, 0.1) is 0 Å². The molecule has 1 aliphatic carbocycles. The Bertz CT molecular complexity index is 984. The van der Waals surface area contributed by atoms with Gasteiger partial charge in [0.15, 0.2) is 0 Å². The van der Waals surface area contributed by atoms with Gasteiger partial charge in [0.1, 0.15) is 5.78 Å². The molecule has 0 radical (unpaired) electrons. The average Bonchev–Trinajstić information content (AvgIpc) is 2.96. The summed E-state index contributed by atoms with van der Waals surface area (Å²) in [6.07, 6.45) is 6.36. The molecule has 0 saturated carbocycles. The van der Waals surface area contributed by atoms with Crippen molar-refractivity contribution < 1.29 is 18.0 Å². The molecule has 2 aromatic rings. The Hall–Kier alpha value is -2.62. The molecule has 4 heteroatoms. The molecule has 0 N–H and O–H groups in total. The van der Waals surface area contributed by atoms with Crippen molar-refractivity contribution in [1.29, 1.82) is 0 Å². The minimum atomic E-state index is -4.30. The maximum atomic E-state index is 12.9. The van der Waals surface area contributed by atoms with Crippen LogP contribution in [0.4, 0.5) is 13.2 Å². The van der Waals surface area contributed by atoms with E-state index in [1.807, 2.05) is 12.1 Å². The van der Waals surface area contributed by atoms with Crippen molar-refractivity contribution in [1.82, 2.24) is 0 Å². The van der Waals surface area contributed by atoms with Crippen LogP contribution in [0.3, 0.4) is 0 Å². The first kappa shape index (κ1) is 24.0. The number of allylic oxidation sites excluding steroid dienone is 3. The van der Waals surface area contributed by atoms with Crippen LogP contribution in [0.15, 0.2) is 60.7 Å². The highest BCUT2D eigenvalue weighted by Crippen LogP contribution is 2.27. The van der Waals surface area contributed by atoms with Crippen LogP contribution in [0, 0.1) is 18.8 Å². The normalized spacial score (nSPS) is 19.3. The Morgan fingerprint density at radius 3 is 2.62 bits per heavy atom. The van der Waals surface area contributed by atoms with Crippen molar-refractivity contribution >= 4 is 11.9 Å². The molecule has 0 fully saturated rings. The van der Waals surface area contributed by atoms with Crippen molar-refractivity contribution in [2.24, 2.45) is 11.8 Å². The van der Waals surface area contributed by atoms with E-state index in [-0.39, 0.29) is 12.0 Å². The highest BCUT2D eigenvalue weighted by atomic mass is 19.4. The lowest BCUT2D eigenvalue weighted by atomic mass is 9.83. The molecule has 0 heterocycles. The average molecular weight is 441 g/mol. The number of carbonyl (C=O) groups excluding carboxylic acids is 1. The van der Waals surface area contributed by atoms with Crippen LogP contribution < -0.4 is 0 Å². The number of carbonyl (C=O) groups is 1. The second-order valence-corrected chi connectivity index (χ2v) is 8.89. The molecule has 0 spiro atoms. The van der Waals surface area contributed by atoms with Crippen LogP contribution in [-0.4, -0.2) is 12.0 Å². The van der Waals surface area contributed by atoms with E-state index in [0.29, 0.717) is 23.7 Å². The molecule has 0 unspecified atom stereocenters. The molecule has 1 nitrogen and oxygen atoms in total. The van der Waals surface area contributed by atoms with Gasteiger partial charge in [-0.3, -0.25) is 4.79 Å². The molecular weight excluding hydrogens is 409 g/mol. The van der Waals surface area contributed by atoms with Gasteiger partial charge in [0.25, 0.3) is 0 Å². The second kappa shape index (κ2) is 10.8. The number of ketones is 1. The van der Waals surface area contributed by atoms with E-state index in [1.165, 1.54) is 5.56 Å². The first-order valence-electron chi connectivity index (χ1n) is 11.3. The Labute approximate surface area is 189 Å². The van der Waals surface area contributed by atoms with Crippen molar-refractivity contribution in [3.8, 4) is 0 Å². The summed E-state index contributed by atoms with van der Waals surface area (Å²) in [5, 5.41) is 0. The SMILES string of the molecule is Cc1cc(CC(=O)[C@@H]2CCC=CC[C@H]2C)ccc1CCc1cccc(/C=C\C(F)(F)F)c1. The first-order valence-corrected chi connectivity index (χ1v) is 11.3. The van der Waals surface area contributed by atoms with Gasteiger partial charge < -0.3 is 0 Å². The predicted molar refractivity (Wildman–Crippen MR) is 124 cm³/mol. The molecule has 0 amide bonds. The highest BCUT2D eigenvalue weighted by Gasteiger charge is 2.25. The van der Waals surface area contributed by atoms with E-state index in [9.17, 15) is 18.0 Å². The molecule has 2 atom stereocenters. The Balaban J connectivity index is 1.60. The highest BCUT2D eigenvalue weighted by molar-refractivity contribution is 5.83. The van der Waals surface area contributed by atoms with E-state index in [2.05, 4.69) is 38.1 Å². The van der Waals surface area contributed by atoms with Gasteiger partial charge in [-0.1, -0.05) is 67.6 Å². The third kappa shape index (κ3) is 7.22. The van der Waals surface area contributed by atoms with E-state index in [0.717, 1.165) is 54.9 Å². The summed E-state index contributed by atoms with van der Waals surface area (Å²) in [6.45, 7) is 4.23. The van der Waals surface area contributed by atoms with Crippen LogP contribution in [-0.2, 0) is 24.1 Å². The zero-order valence-corrected chi connectivity index (χ0v) is 18.8. The number of Topliss-reactive ketones (excluding diaryl/α,β-unsaturated/α-hetero) is 1.